The number of esters is 1. The van der Waals surface area contributed by atoms with E-state index < -0.39 is 29.9 Å². The van der Waals surface area contributed by atoms with Crippen molar-refractivity contribution in [2.75, 3.05) is 13.7 Å². The van der Waals surface area contributed by atoms with Crippen LogP contribution in [0.3, 0.4) is 0 Å². The van der Waals surface area contributed by atoms with Crippen molar-refractivity contribution in [3.05, 3.63) is 59.9 Å². The monoisotopic (exact) mass is 375 g/mol. The van der Waals surface area contributed by atoms with Gasteiger partial charge in [-0.2, -0.15) is 0 Å². The summed E-state index contributed by atoms with van der Waals surface area (Å²) >= 11 is 0. The first-order valence-corrected chi connectivity index (χ1v) is 8.31. The summed E-state index contributed by atoms with van der Waals surface area (Å²) in [5.41, 5.74) is -0.441. The van der Waals surface area contributed by atoms with Crippen molar-refractivity contribution >= 4 is 11.9 Å². The van der Waals surface area contributed by atoms with Crippen LogP contribution in [0.1, 0.15) is 19.4 Å². The third-order valence-corrected chi connectivity index (χ3v) is 3.66. The largest absolute Gasteiger partial charge is 0.497 e. The number of rotatable bonds is 8. The van der Waals surface area contributed by atoms with Gasteiger partial charge in [-0.1, -0.05) is 12.1 Å². The van der Waals surface area contributed by atoms with Gasteiger partial charge in [0.25, 0.3) is 5.91 Å². The van der Waals surface area contributed by atoms with Gasteiger partial charge in [-0.05, 0) is 55.8 Å². The second kappa shape index (κ2) is 9.02. The maximum absolute atomic E-state index is 12.9. The lowest BCUT2D eigenvalue weighted by atomic mass is 10.1. The van der Waals surface area contributed by atoms with E-state index in [1.165, 1.54) is 38.1 Å². The van der Waals surface area contributed by atoms with Gasteiger partial charge < -0.3 is 19.5 Å². The normalized spacial score (nSPS) is 10.8. The van der Waals surface area contributed by atoms with Gasteiger partial charge >= 0.3 is 5.97 Å². The summed E-state index contributed by atoms with van der Waals surface area (Å²) in [4.78, 5) is 24.0. The number of methoxy groups -OCH3 is 1. The minimum absolute atomic E-state index is 0.301. The third-order valence-electron chi connectivity index (χ3n) is 3.66. The molecule has 0 atom stereocenters. The lowest BCUT2D eigenvalue weighted by molar-refractivity contribution is -0.162. The minimum atomic E-state index is -1.33. The lowest BCUT2D eigenvalue weighted by Gasteiger charge is -2.24. The molecule has 0 bridgehead atoms. The van der Waals surface area contributed by atoms with Crippen LogP contribution in [0.15, 0.2) is 48.5 Å². The average Bonchev–Trinajstić information content (AvgIpc) is 2.66. The zero-order valence-corrected chi connectivity index (χ0v) is 15.5. The fourth-order valence-corrected chi connectivity index (χ4v) is 2.14. The predicted molar refractivity (Wildman–Crippen MR) is 96.9 cm³/mol. The number of ether oxygens (including phenoxy) is 3. The van der Waals surface area contributed by atoms with Crippen molar-refractivity contribution in [1.82, 2.24) is 5.32 Å². The first-order chi connectivity index (χ1) is 12.8. The standard InChI is InChI=1S/C20H22FNO5/c1-20(2,27-17-10-6-15(21)7-11-17)19(24)26-13-18(23)22-12-14-4-8-16(25-3)9-5-14/h4-11H,12-13H2,1-3H3,(H,22,23). The second-order valence-electron chi connectivity index (χ2n) is 6.27. The molecule has 0 aliphatic heterocycles. The first-order valence-electron chi connectivity index (χ1n) is 8.31. The van der Waals surface area contributed by atoms with Gasteiger partial charge in [-0.3, -0.25) is 4.79 Å². The number of hydrogen-bond donors (Lipinski definition) is 1. The van der Waals surface area contributed by atoms with Crippen molar-refractivity contribution in [3.8, 4) is 11.5 Å². The molecular formula is C20H22FNO5. The average molecular weight is 375 g/mol. The highest BCUT2D eigenvalue weighted by molar-refractivity contribution is 5.83. The molecule has 0 saturated carbocycles. The van der Waals surface area contributed by atoms with E-state index in [0.717, 1.165) is 11.3 Å². The van der Waals surface area contributed by atoms with Crippen LogP contribution in [-0.2, 0) is 20.9 Å². The minimum Gasteiger partial charge on any atom is -0.497 e. The first kappa shape index (κ1) is 20.2. The Morgan fingerprint density at radius 2 is 1.59 bits per heavy atom. The molecule has 2 aromatic carbocycles. The third kappa shape index (κ3) is 6.29. The van der Waals surface area contributed by atoms with Gasteiger partial charge in [0.1, 0.15) is 17.3 Å². The second-order valence-corrected chi connectivity index (χ2v) is 6.27. The van der Waals surface area contributed by atoms with Crippen LogP contribution in [0.2, 0.25) is 0 Å². The Hall–Kier alpha value is -3.09. The van der Waals surface area contributed by atoms with Gasteiger partial charge in [0.15, 0.2) is 12.2 Å². The molecule has 0 heterocycles. The topological polar surface area (TPSA) is 73.9 Å². The highest BCUT2D eigenvalue weighted by atomic mass is 19.1. The van der Waals surface area contributed by atoms with E-state index in [1.807, 2.05) is 12.1 Å². The summed E-state index contributed by atoms with van der Waals surface area (Å²) in [6.45, 7) is 2.89. The van der Waals surface area contributed by atoms with Crippen molar-refractivity contribution in [2.45, 2.75) is 26.0 Å². The molecule has 2 rings (SSSR count). The summed E-state index contributed by atoms with van der Waals surface area (Å²) in [6, 6.07) is 12.5. The smallest absolute Gasteiger partial charge is 0.350 e. The van der Waals surface area contributed by atoms with Crippen LogP contribution in [-0.4, -0.2) is 31.2 Å². The molecule has 7 heteroatoms. The Kier molecular flexibility index (Phi) is 6.76. The molecule has 1 N–H and O–H groups in total. The van der Waals surface area contributed by atoms with E-state index in [0.29, 0.717) is 12.3 Å². The number of nitrogens with one attached hydrogen (secondary N) is 1. The maximum Gasteiger partial charge on any atom is 0.350 e. The predicted octanol–water partition coefficient (Wildman–Crippen LogP) is 2.85. The summed E-state index contributed by atoms with van der Waals surface area (Å²) in [5, 5.41) is 2.66. The number of halogens is 1. The van der Waals surface area contributed by atoms with Gasteiger partial charge in [-0.25, -0.2) is 9.18 Å². The van der Waals surface area contributed by atoms with E-state index in [1.54, 1.807) is 19.2 Å². The van der Waals surface area contributed by atoms with Crippen LogP contribution < -0.4 is 14.8 Å². The van der Waals surface area contributed by atoms with Crippen LogP contribution in [0.4, 0.5) is 4.39 Å². The molecule has 0 unspecified atom stereocenters. The fourth-order valence-electron chi connectivity index (χ4n) is 2.14. The molecule has 1 amide bonds. The van der Waals surface area contributed by atoms with Crippen molar-refractivity contribution in [1.29, 1.82) is 0 Å². The van der Waals surface area contributed by atoms with E-state index in [9.17, 15) is 14.0 Å². The van der Waals surface area contributed by atoms with Crippen LogP contribution in [0, 0.1) is 5.82 Å². The molecule has 0 aromatic heterocycles. The number of carbonyl (C=O) groups excluding carboxylic acids is 2. The lowest BCUT2D eigenvalue weighted by Crippen LogP contribution is -2.41. The Labute approximate surface area is 157 Å². The summed E-state index contributed by atoms with van der Waals surface area (Å²) in [6.07, 6.45) is 0. The summed E-state index contributed by atoms with van der Waals surface area (Å²) in [7, 11) is 1.58. The van der Waals surface area contributed by atoms with E-state index >= 15 is 0 Å². The molecule has 0 aliphatic rings. The highest BCUT2D eigenvalue weighted by Gasteiger charge is 2.32. The quantitative estimate of drug-likeness (QED) is 0.718. The van der Waals surface area contributed by atoms with Crippen molar-refractivity contribution < 1.29 is 28.2 Å². The molecule has 0 aliphatic carbocycles. The van der Waals surface area contributed by atoms with Crippen LogP contribution >= 0.6 is 0 Å². The van der Waals surface area contributed by atoms with E-state index in [4.69, 9.17) is 14.2 Å². The SMILES string of the molecule is COc1ccc(CNC(=O)COC(=O)C(C)(C)Oc2ccc(F)cc2)cc1. The molecule has 0 saturated heterocycles. The Morgan fingerprint density at radius 1 is 1.00 bits per heavy atom. The van der Waals surface area contributed by atoms with E-state index in [2.05, 4.69) is 5.32 Å². The number of hydrogen-bond acceptors (Lipinski definition) is 5. The number of carbonyl (C=O) groups is 2. The fraction of sp³-hybridized carbons (Fsp3) is 0.300. The molecule has 6 nitrogen and oxygen atoms in total. The van der Waals surface area contributed by atoms with Crippen LogP contribution in [0.5, 0.6) is 11.5 Å². The molecular weight excluding hydrogens is 353 g/mol. The zero-order valence-electron chi connectivity index (χ0n) is 15.5. The molecule has 0 spiro atoms. The van der Waals surface area contributed by atoms with E-state index in [-0.39, 0.29) is 0 Å². The Morgan fingerprint density at radius 3 is 2.19 bits per heavy atom. The maximum atomic E-state index is 12.9. The van der Waals surface area contributed by atoms with Gasteiger partial charge in [0.2, 0.25) is 0 Å². The van der Waals surface area contributed by atoms with Crippen molar-refractivity contribution in [2.24, 2.45) is 0 Å². The number of benzene rings is 2. The highest BCUT2D eigenvalue weighted by Crippen LogP contribution is 2.20. The molecule has 144 valence electrons. The number of amides is 1. The molecule has 27 heavy (non-hydrogen) atoms. The Bertz CT molecular complexity index is 772. The molecule has 2 aromatic rings. The van der Waals surface area contributed by atoms with Gasteiger partial charge in [-0.15, -0.1) is 0 Å². The van der Waals surface area contributed by atoms with Crippen LogP contribution in [0.25, 0.3) is 0 Å². The Balaban J connectivity index is 1.78. The zero-order chi connectivity index (χ0) is 19.9. The summed E-state index contributed by atoms with van der Waals surface area (Å²) < 4.78 is 28.5. The molecule has 0 radical (unpaired) electrons. The van der Waals surface area contributed by atoms with Gasteiger partial charge in [0, 0.05) is 6.54 Å². The molecule has 0 fully saturated rings. The summed E-state index contributed by atoms with van der Waals surface area (Å²) in [5.74, 6) is -0.496. The van der Waals surface area contributed by atoms with Gasteiger partial charge in [0.05, 0.1) is 7.11 Å². The van der Waals surface area contributed by atoms with Crippen molar-refractivity contribution in [3.63, 3.8) is 0 Å².